The van der Waals surface area contributed by atoms with E-state index in [0.717, 1.165) is 4.68 Å². The van der Waals surface area contributed by atoms with E-state index in [9.17, 15) is 14.4 Å². The number of aromatic nitrogens is 3. The highest BCUT2D eigenvalue weighted by atomic mass is 35.5. The molecule has 0 fully saturated rings. The molecule has 2 aromatic rings. The molecule has 1 aromatic carbocycles. The number of hydrogen-bond donors (Lipinski definition) is 2. The number of benzene rings is 1. The third kappa shape index (κ3) is 2.16. The second-order valence-corrected chi connectivity index (χ2v) is 3.65. The summed E-state index contributed by atoms with van der Waals surface area (Å²) in [7, 11) is 0. The minimum Gasteiger partial charge on any atom is -0.508 e. The van der Waals surface area contributed by atoms with Crippen LogP contribution in [0.1, 0.15) is 10.5 Å². The lowest BCUT2D eigenvalue weighted by atomic mass is 10.3. The summed E-state index contributed by atoms with van der Waals surface area (Å²) in [4.78, 5) is 35.6. The fourth-order valence-corrected chi connectivity index (χ4v) is 1.42. The predicted molar refractivity (Wildman–Crippen MR) is 62.3 cm³/mol. The molecule has 0 aliphatic rings. The van der Waals surface area contributed by atoms with Crippen molar-refractivity contribution < 1.29 is 9.90 Å². The van der Waals surface area contributed by atoms with Gasteiger partial charge in [-0.05, 0) is 35.9 Å². The zero-order chi connectivity index (χ0) is 13.3. The monoisotopic (exact) mass is 267 g/mol. The van der Waals surface area contributed by atoms with Crippen molar-refractivity contribution in [3.63, 3.8) is 0 Å². The van der Waals surface area contributed by atoms with E-state index in [1.165, 1.54) is 24.3 Å². The SMILES string of the molecule is O=C(Cl)c1nn(-c2ccc(O)cc2)c(=O)[nH]c1=O. The van der Waals surface area contributed by atoms with E-state index < -0.39 is 22.2 Å². The van der Waals surface area contributed by atoms with E-state index in [1.807, 2.05) is 4.98 Å². The normalized spacial score (nSPS) is 10.3. The highest BCUT2D eigenvalue weighted by Crippen LogP contribution is 2.11. The molecule has 0 radical (unpaired) electrons. The number of H-pyrrole nitrogens is 1. The molecule has 0 bridgehead atoms. The van der Waals surface area contributed by atoms with Gasteiger partial charge in [0, 0.05) is 0 Å². The van der Waals surface area contributed by atoms with Crippen LogP contribution in [-0.2, 0) is 0 Å². The van der Waals surface area contributed by atoms with Crippen molar-refractivity contribution in [1.82, 2.24) is 14.8 Å². The fourth-order valence-electron chi connectivity index (χ4n) is 1.30. The summed E-state index contributed by atoms with van der Waals surface area (Å²) < 4.78 is 0.802. The summed E-state index contributed by atoms with van der Waals surface area (Å²) in [5.41, 5.74) is -2.07. The number of aromatic hydroxyl groups is 1. The van der Waals surface area contributed by atoms with Crippen LogP contribution >= 0.6 is 11.6 Å². The average Bonchev–Trinajstić information content (AvgIpc) is 2.30. The van der Waals surface area contributed by atoms with E-state index in [0.29, 0.717) is 0 Å². The molecule has 0 atom stereocenters. The van der Waals surface area contributed by atoms with Crippen molar-refractivity contribution in [1.29, 1.82) is 0 Å². The summed E-state index contributed by atoms with van der Waals surface area (Å²) in [6.07, 6.45) is 0. The molecule has 0 aliphatic heterocycles. The smallest absolute Gasteiger partial charge is 0.349 e. The van der Waals surface area contributed by atoms with Gasteiger partial charge in [-0.15, -0.1) is 0 Å². The maximum atomic E-state index is 11.5. The number of nitrogens with zero attached hydrogens (tertiary/aromatic N) is 2. The van der Waals surface area contributed by atoms with Crippen molar-refractivity contribution in [2.75, 3.05) is 0 Å². The summed E-state index contributed by atoms with van der Waals surface area (Å²) >= 11 is 5.17. The van der Waals surface area contributed by atoms with E-state index in [4.69, 9.17) is 16.7 Å². The number of rotatable bonds is 2. The van der Waals surface area contributed by atoms with Crippen LogP contribution in [-0.4, -0.2) is 25.1 Å². The Hall–Kier alpha value is -2.41. The molecule has 8 heteroatoms. The van der Waals surface area contributed by atoms with Crippen LogP contribution in [0.3, 0.4) is 0 Å². The number of carbonyl (C=O) groups excluding carboxylic acids is 1. The fraction of sp³-hybridized carbons (Fsp3) is 0. The number of phenols is 1. The summed E-state index contributed by atoms with van der Waals surface area (Å²) in [6.45, 7) is 0. The van der Waals surface area contributed by atoms with Crippen molar-refractivity contribution in [2.24, 2.45) is 0 Å². The second-order valence-electron chi connectivity index (χ2n) is 3.31. The van der Waals surface area contributed by atoms with Gasteiger partial charge in [0.25, 0.3) is 10.8 Å². The molecule has 0 spiro atoms. The van der Waals surface area contributed by atoms with Gasteiger partial charge in [0.1, 0.15) is 5.75 Å². The Morgan fingerprint density at radius 2 is 1.89 bits per heavy atom. The predicted octanol–water partition coefficient (Wildman–Crippen LogP) is 0.00540. The Kier molecular flexibility index (Phi) is 2.99. The van der Waals surface area contributed by atoms with Gasteiger partial charge in [0.05, 0.1) is 5.69 Å². The van der Waals surface area contributed by atoms with Crippen molar-refractivity contribution in [3.05, 3.63) is 50.8 Å². The lowest BCUT2D eigenvalue weighted by Gasteiger charge is -2.04. The molecule has 18 heavy (non-hydrogen) atoms. The molecule has 92 valence electrons. The third-order valence-corrected chi connectivity index (χ3v) is 2.29. The quantitative estimate of drug-likeness (QED) is 0.746. The van der Waals surface area contributed by atoms with E-state index in [2.05, 4.69) is 5.10 Å². The van der Waals surface area contributed by atoms with Gasteiger partial charge in [0.15, 0.2) is 0 Å². The molecule has 0 aliphatic carbocycles. The highest BCUT2D eigenvalue weighted by molar-refractivity contribution is 6.67. The number of carbonyl (C=O) groups is 1. The maximum Gasteiger partial charge on any atom is 0.349 e. The highest BCUT2D eigenvalue weighted by Gasteiger charge is 2.13. The molecule has 0 unspecified atom stereocenters. The van der Waals surface area contributed by atoms with Crippen molar-refractivity contribution in [3.8, 4) is 11.4 Å². The molecule has 7 nitrogen and oxygen atoms in total. The number of hydrogen-bond acceptors (Lipinski definition) is 5. The van der Waals surface area contributed by atoms with Gasteiger partial charge in [-0.1, -0.05) is 0 Å². The Morgan fingerprint density at radius 3 is 2.44 bits per heavy atom. The van der Waals surface area contributed by atoms with Gasteiger partial charge < -0.3 is 5.11 Å². The molecule has 0 amide bonds. The standard InChI is InChI=1S/C10H6ClN3O4/c11-8(16)7-9(17)12-10(18)14(13-7)5-1-3-6(15)4-2-5/h1-4,15H,(H,12,17,18). The lowest BCUT2D eigenvalue weighted by Crippen LogP contribution is -2.34. The van der Waals surface area contributed by atoms with E-state index in [1.54, 1.807) is 0 Å². The average molecular weight is 268 g/mol. The zero-order valence-corrected chi connectivity index (χ0v) is 9.51. The maximum absolute atomic E-state index is 11.5. The molecular weight excluding hydrogens is 262 g/mol. The topological polar surface area (TPSA) is 105 Å². The van der Waals surface area contributed by atoms with Crippen LogP contribution in [0, 0.1) is 0 Å². The van der Waals surface area contributed by atoms with Gasteiger partial charge >= 0.3 is 5.69 Å². The van der Waals surface area contributed by atoms with Crippen LogP contribution in [0.25, 0.3) is 5.69 Å². The van der Waals surface area contributed by atoms with Crippen molar-refractivity contribution >= 4 is 16.8 Å². The number of nitrogens with one attached hydrogen (secondary N) is 1. The minimum atomic E-state index is -1.07. The van der Waals surface area contributed by atoms with Crippen LogP contribution in [0.15, 0.2) is 33.9 Å². The van der Waals surface area contributed by atoms with Gasteiger partial charge in [-0.25, -0.2) is 4.79 Å². The summed E-state index contributed by atoms with van der Waals surface area (Å²) in [5, 5.41) is 11.6. The number of halogens is 1. The van der Waals surface area contributed by atoms with Gasteiger partial charge in [-0.2, -0.15) is 9.78 Å². The molecule has 1 heterocycles. The molecular formula is C10H6ClN3O4. The number of phenolic OH excluding ortho intramolecular Hbond substituents is 1. The number of aromatic amines is 1. The lowest BCUT2D eigenvalue weighted by molar-refractivity contribution is 0.107. The van der Waals surface area contributed by atoms with Gasteiger partial charge in [0.2, 0.25) is 5.69 Å². The van der Waals surface area contributed by atoms with Gasteiger partial charge in [-0.3, -0.25) is 14.6 Å². The first kappa shape index (κ1) is 12.1. The molecule has 0 saturated carbocycles. The molecule has 2 rings (SSSR count). The molecule has 1 aromatic heterocycles. The van der Waals surface area contributed by atoms with E-state index in [-0.39, 0.29) is 11.4 Å². The minimum absolute atomic E-state index is 0.00451. The Labute approximate surface area is 104 Å². The largest absolute Gasteiger partial charge is 0.508 e. The third-order valence-electron chi connectivity index (χ3n) is 2.11. The van der Waals surface area contributed by atoms with Crippen LogP contribution in [0.5, 0.6) is 5.75 Å². The van der Waals surface area contributed by atoms with Crippen LogP contribution in [0.2, 0.25) is 0 Å². The second kappa shape index (κ2) is 4.46. The molecule has 2 N–H and O–H groups in total. The first-order valence-electron chi connectivity index (χ1n) is 4.72. The molecule has 0 saturated heterocycles. The van der Waals surface area contributed by atoms with Crippen molar-refractivity contribution in [2.45, 2.75) is 0 Å². The Balaban J connectivity index is 2.68. The van der Waals surface area contributed by atoms with E-state index >= 15 is 0 Å². The Morgan fingerprint density at radius 1 is 1.28 bits per heavy atom. The summed E-state index contributed by atoms with van der Waals surface area (Å²) in [6, 6.07) is 5.45. The first-order chi connectivity index (χ1) is 8.49. The summed E-state index contributed by atoms with van der Waals surface area (Å²) in [5.74, 6) is 0.00451. The Bertz CT molecular complexity index is 717. The van der Waals surface area contributed by atoms with Crippen LogP contribution < -0.4 is 11.2 Å². The zero-order valence-electron chi connectivity index (χ0n) is 8.75. The first-order valence-corrected chi connectivity index (χ1v) is 5.10. The van der Waals surface area contributed by atoms with Crippen LogP contribution in [0.4, 0.5) is 0 Å².